The molecule has 5 nitrogen and oxygen atoms in total. The van der Waals surface area contributed by atoms with Crippen molar-refractivity contribution in [3.63, 3.8) is 0 Å². The Bertz CT molecular complexity index is 857. The molecule has 2 aromatic rings. The maximum Gasteiger partial charge on any atom is 0.416 e. The Labute approximate surface area is 172 Å². The monoisotopic (exact) mass is 422 g/mol. The van der Waals surface area contributed by atoms with E-state index >= 15 is 0 Å². The third-order valence-corrected chi connectivity index (χ3v) is 6.33. The summed E-state index contributed by atoms with van der Waals surface area (Å²) in [6.45, 7) is 1.33. The van der Waals surface area contributed by atoms with Gasteiger partial charge in [-0.15, -0.1) is 0 Å². The molecule has 1 saturated heterocycles. The summed E-state index contributed by atoms with van der Waals surface area (Å²) in [6.07, 6.45) is -1.87. The van der Waals surface area contributed by atoms with Gasteiger partial charge in [0.15, 0.2) is 0 Å². The number of alkyl halides is 3. The number of benzene rings is 1. The molecule has 8 heteroatoms. The van der Waals surface area contributed by atoms with Crippen LogP contribution in [0.1, 0.15) is 29.7 Å². The number of hydrogen-bond acceptors (Lipinski definition) is 5. The second-order valence-electron chi connectivity index (χ2n) is 8.67. The minimum atomic E-state index is -4.36. The number of rotatable bonds is 5. The molecule has 2 heterocycles. The topological polar surface area (TPSA) is 76.8 Å². The highest BCUT2D eigenvalue weighted by Gasteiger charge is 2.49. The van der Waals surface area contributed by atoms with Gasteiger partial charge in [0.05, 0.1) is 17.4 Å². The first-order valence-corrected chi connectivity index (χ1v) is 10.1. The Morgan fingerprint density at radius 2 is 1.70 bits per heavy atom. The van der Waals surface area contributed by atoms with Crippen molar-refractivity contribution in [2.24, 2.45) is 11.8 Å². The fourth-order valence-electron chi connectivity index (χ4n) is 4.93. The van der Waals surface area contributed by atoms with E-state index in [4.69, 9.17) is 0 Å². The highest BCUT2D eigenvalue weighted by atomic mass is 19.4. The number of aliphatic hydroxyl groups excluding tert-OH is 1. The van der Waals surface area contributed by atoms with E-state index < -0.39 is 23.6 Å². The van der Waals surface area contributed by atoms with Gasteiger partial charge in [-0.05, 0) is 54.5 Å². The second-order valence-corrected chi connectivity index (χ2v) is 8.67. The van der Waals surface area contributed by atoms with Crippen LogP contribution in [0.4, 0.5) is 13.2 Å². The number of pyridine rings is 1. The van der Waals surface area contributed by atoms with E-state index in [1.807, 2.05) is 4.90 Å². The standard InChI is InChI=1S/C22H25F3N2O3/c23-22(24,25)17-3-1-14(2-4-17)8-21(30)9-15-12-27(13-16(15)10-21)20(29)7-18-5-6-19(28)11-26-18/h1-6,11,15-16,20,28-30H,7-10,12-13H2/t15-,16+,20?,21?. The van der Waals surface area contributed by atoms with Crippen LogP contribution in [0.15, 0.2) is 42.6 Å². The predicted molar refractivity (Wildman–Crippen MR) is 103 cm³/mol. The zero-order valence-electron chi connectivity index (χ0n) is 16.4. The molecule has 2 aliphatic rings. The first kappa shape index (κ1) is 21.1. The van der Waals surface area contributed by atoms with Crippen molar-refractivity contribution in [1.29, 1.82) is 0 Å². The van der Waals surface area contributed by atoms with Crippen molar-refractivity contribution in [2.45, 2.75) is 43.7 Å². The minimum Gasteiger partial charge on any atom is -0.506 e. The zero-order valence-corrected chi connectivity index (χ0v) is 16.4. The minimum absolute atomic E-state index is 0.0799. The number of fused-ring (bicyclic) bond motifs is 1. The summed E-state index contributed by atoms with van der Waals surface area (Å²) in [5, 5.41) is 30.9. The molecule has 4 atom stereocenters. The first-order valence-electron chi connectivity index (χ1n) is 10.1. The number of aliphatic hydroxyl groups is 2. The molecule has 1 saturated carbocycles. The molecule has 1 aliphatic heterocycles. The van der Waals surface area contributed by atoms with Crippen LogP contribution in [-0.4, -0.2) is 50.1 Å². The lowest BCUT2D eigenvalue weighted by molar-refractivity contribution is -0.137. The van der Waals surface area contributed by atoms with Crippen LogP contribution in [0, 0.1) is 11.8 Å². The number of aromatic hydroxyl groups is 1. The lowest BCUT2D eigenvalue weighted by atomic mass is 9.91. The summed E-state index contributed by atoms with van der Waals surface area (Å²) in [7, 11) is 0. The summed E-state index contributed by atoms with van der Waals surface area (Å²) in [5.74, 6) is 0.565. The van der Waals surface area contributed by atoms with Crippen molar-refractivity contribution in [1.82, 2.24) is 9.88 Å². The molecule has 3 N–H and O–H groups in total. The SMILES string of the molecule is Oc1ccc(CC(O)N2C[C@@H]3CC(O)(Cc4ccc(C(F)(F)F)cc4)C[C@@H]3C2)nc1. The molecular formula is C22H25F3N2O3. The Morgan fingerprint density at radius 3 is 2.23 bits per heavy atom. The van der Waals surface area contributed by atoms with Gasteiger partial charge in [0, 0.05) is 31.6 Å². The molecule has 0 spiro atoms. The second kappa shape index (κ2) is 7.83. The highest BCUT2D eigenvalue weighted by Crippen LogP contribution is 2.46. The lowest BCUT2D eigenvalue weighted by Crippen LogP contribution is -2.38. The van der Waals surface area contributed by atoms with E-state index in [1.54, 1.807) is 6.07 Å². The molecule has 0 radical (unpaired) electrons. The number of likely N-dealkylation sites (tertiary alicyclic amines) is 1. The van der Waals surface area contributed by atoms with E-state index in [1.165, 1.54) is 24.4 Å². The van der Waals surface area contributed by atoms with E-state index in [9.17, 15) is 28.5 Å². The number of nitrogens with zero attached hydrogens (tertiary/aromatic N) is 2. The maximum absolute atomic E-state index is 12.7. The summed E-state index contributed by atoms with van der Waals surface area (Å²) < 4.78 is 38.2. The van der Waals surface area contributed by atoms with Crippen LogP contribution in [0.2, 0.25) is 0 Å². The van der Waals surface area contributed by atoms with Crippen LogP contribution >= 0.6 is 0 Å². The number of hydrogen-bond donors (Lipinski definition) is 3. The summed E-state index contributed by atoms with van der Waals surface area (Å²) >= 11 is 0. The molecular weight excluding hydrogens is 397 g/mol. The fraction of sp³-hybridized carbons (Fsp3) is 0.500. The van der Waals surface area contributed by atoms with E-state index in [-0.39, 0.29) is 17.6 Å². The van der Waals surface area contributed by atoms with Gasteiger partial charge in [-0.25, -0.2) is 0 Å². The van der Waals surface area contributed by atoms with Crippen LogP contribution in [0.25, 0.3) is 0 Å². The molecule has 1 aromatic carbocycles. The van der Waals surface area contributed by atoms with Crippen molar-refractivity contribution < 1.29 is 28.5 Å². The van der Waals surface area contributed by atoms with Crippen LogP contribution < -0.4 is 0 Å². The Balaban J connectivity index is 1.32. The highest BCUT2D eigenvalue weighted by molar-refractivity contribution is 5.26. The van der Waals surface area contributed by atoms with Gasteiger partial charge in [0.2, 0.25) is 0 Å². The molecule has 30 heavy (non-hydrogen) atoms. The average molecular weight is 422 g/mol. The van der Waals surface area contributed by atoms with Gasteiger partial charge in [-0.3, -0.25) is 9.88 Å². The van der Waals surface area contributed by atoms with Gasteiger partial charge in [-0.1, -0.05) is 12.1 Å². The first-order chi connectivity index (χ1) is 14.1. The molecule has 0 amide bonds. The lowest BCUT2D eigenvalue weighted by Gasteiger charge is -2.28. The Morgan fingerprint density at radius 1 is 1.07 bits per heavy atom. The fourth-order valence-corrected chi connectivity index (χ4v) is 4.93. The summed E-state index contributed by atoms with van der Waals surface area (Å²) in [6, 6.07) is 8.21. The number of halogens is 3. The average Bonchev–Trinajstić information content (AvgIpc) is 3.18. The summed E-state index contributed by atoms with van der Waals surface area (Å²) in [4.78, 5) is 6.09. The van der Waals surface area contributed by atoms with Crippen molar-refractivity contribution >= 4 is 0 Å². The van der Waals surface area contributed by atoms with Gasteiger partial charge < -0.3 is 15.3 Å². The van der Waals surface area contributed by atoms with Crippen molar-refractivity contribution in [3.8, 4) is 5.75 Å². The largest absolute Gasteiger partial charge is 0.506 e. The van der Waals surface area contributed by atoms with Crippen LogP contribution in [-0.2, 0) is 19.0 Å². The van der Waals surface area contributed by atoms with Crippen molar-refractivity contribution in [2.75, 3.05) is 13.1 Å². The van der Waals surface area contributed by atoms with Crippen molar-refractivity contribution in [3.05, 3.63) is 59.4 Å². The van der Waals surface area contributed by atoms with Gasteiger partial charge >= 0.3 is 6.18 Å². The third-order valence-electron chi connectivity index (χ3n) is 6.33. The predicted octanol–water partition coefficient (Wildman–Crippen LogP) is 2.98. The van der Waals surface area contributed by atoms with Crippen LogP contribution in [0.3, 0.4) is 0 Å². The summed E-state index contributed by atoms with van der Waals surface area (Å²) in [5.41, 5.74) is -0.226. The molecule has 162 valence electrons. The van der Waals surface area contributed by atoms with E-state index in [2.05, 4.69) is 4.98 Å². The van der Waals surface area contributed by atoms with E-state index in [0.717, 1.165) is 12.1 Å². The van der Waals surface area contributed by atoms with E-state index in [0.29, 0.717) is 50.0 Å². The molecule has 2 unspecified atom stereocenters. The Hall–Kier alpha value is -2.16. The quantitative estimate of drug-likeness (QED) is 0.691. The van der Waals surface area contributed by atoms with Gasteiger partial charge in [0.1, 0.15) is 12.0 Å². The van der Waals surface area contributed by atoms with Gasteiger partial charge in [0.25, 0.3) is 0 Å². The third kappa shape index (κ3) is 4.61. The number of aromatic nitrogens is 1. The Kier molecular flexibility index (Phi) is 5.50. The molecule has 2 fully saturated rings. The zero-order chi connectivity index (χ0) is 21.5. The molecule has 0 bridgehead atoms. The van der Waals surface area contributed by atoms with Crippen LogP contribution in [0.5, 0.6) is 5.75 Å². The smallest absolute Gasteiger partial charge is 0.416 e. The maximum atomic E-state index is 12.7. The van der Waals surface area contributed by atoms with Gasteiger partial charge in [-0.2, -0.15) is 13.2 Å². The normalized spacial score (nSPS) is 27.9. The molecule has 1 aliphatic carbocycles. The molecule has 1 aromatic heterocycles. The molecule has 4 rings (SSSR count).